The molecule has 0 aliphatic carbocycles. The average Bonchev–Trinajstić information content (AvgIpc) is 3.06. The molecule has 3 heterocycles. The van der Waals surface area contributed by atoms with Crippen molar-refractivity contribution in [2.24, 2.45) is 0 Å². The number of nitrogens with zero attached hydrogens (tertiary/aromatic N) is 5. The van der Waals surface area contributed by atoms with Crippen LogP contribution in [-0.2, 0) is 16.0 Å². The van der Waals surface area contributed by atoms with Gasteiger partial charge in [0.25, 0.3) is 0 Å². The summed E-state index contributed by atoms with van der Waals surface area (Å²) < 4.78 is 78.5. The number of rotatable bonds is 3. The number of halogens is 4. The summed E-state index contributed by atoms with van der Waals surface area (Å²) in [6.07, 6.45) is 1.72. The van der Waals surface area contributed by atoms with Crippen LogP contribution in [0.5, 0.6) is 0 Å². The summed E-state index contributed by atoms with van der Waals surface area (Å²) in [7, 11) is -3.74. The van der Waals surface area contributed by atoms with E-state index >= 15 is 0 Å². The van der Waals surface area contributed by atoms with Crippen LogP contribution in [0.15, 0.2) is 54.2 Å². The molecule has 0 amide bonds. The van der Waals surface area contributed by atoms with Crippen LogP contribution < -0.4 is 0 Å². The van der Waals surface area contributed by atoms with Crippen molar-refractivity contribution in [3.05, 3.63) is 60.4 Å². The van der Waals surface area contributed by atoms with E-state index in [9.17, 15) is 26.0 Å². The quantitative estimate of drug-likeness (QED) is 0.360. The molecule has 12 heteroatoms. The minimum Gasteiger partial charge on any atom is -0.295 e. The van der Waals surface area contributed by atoms with Gasteiger partial charge < -0.3 is 0 Å². The number of benzene rings is 1. The molecular formula is C18H11F4N5O2S. The molecule has 0 fully saturated rings. The first-order valence-electron chi connectivity index (χ1n) is 8.28. The molecule has 0 bridgehead atoms. The summed E-state index contributed by atoms with van der Waals surface area (Å²) >= 11 is 0. The Morgan fingerprint density at radius 3 is 2.50 bits per heavy atom. The van der Waals surface area contributed by atoms with Gasteiger partial charge in [-0.1, -0.05) is 0 Å². The third-order valence-electron chi connectivity index (χ3n) is 4.19. The van der Waals surface area contributed by atoms with Gasteiger partial charge in [0.05, 0.1) is 23.1 Å². The molecule has 4 rings (SSSR count). The van der Waals surface area contributed by atoms with Crippen molar-refractivity contribution < 1.29 is 26.0 Å². The Morgan fingerprint density at radius 1 is 1.07 bits per heavy atom. The molecule has 30 heavy (non-hydrogen) atoms. The summed E-state index contributed by atoms with van der Waals surface area (Å²) in [5, 5.41) is -0.456. The monoisotopic (exact) mass is 437 g/mol. The zero-order valence-electron chi connectivity index (χ0n) is 15.1. The van der Waals surface area contributed by atoms with Crippen LogP contribution in [0.2, 0.25) is 0 Å². The summed E-state index contributed by atoms with van der Waals surface area (Å²) in [6, 6.07) is 3.48. The lowest BCUT2D eigenvalue weighted by molar-refractivity contribution is -0.137. The molecule has 0 aliphatic heterocycles. The van der Waals surface area contributed by atoms with Crippen molar-refractivity contribution in [1.82, 2.24) is 24.3 Å². The third-order valence-corrected chi connectivity index (χ3v) is 5.05. The first kappa shape index (κ1) is 19.9. The van der Waals surface area contributed by atoms with E-state index in [1.165, 1.54) is 35.3 Å². The van der Waals surface area contributed by atoms with Gasteiger partial charge in [0.15, 0.2) is 5.65 Å². The molecule has 3 aromatic heterocycles. The van der Waals surface area contributed by atoms with Gasteiger partial charge in [-0.05, 0) is 24.3 Å². The smallest absolute Gasteiger partial charge is 0.295 e. The first-order valence-corrected chi connectivity index (χ1v) is 10.2. The van der Waals surface area contributed by atoms with Gasteiger partial charge >= 0.3 is 6.18 Å². The van der Waals surface area contributed by atoms with Crippen LogP contribution >= 0.6 is 0 Å². The van der Waals surface area contributed by atoms with Crippen LogP contribution in [0.3, 0.4) is 0 Å². The fourth-order valence-corrected chi connectivity index (χ4v) is 3.39. The van der Waals surface area contributed by atoms with Gasteiger partial charge in [0, 0.05) is 30.4 Å². The van der Waals surface area contributed by atoms with Crippen molar-refractivity contribution >= 4 is 15.5 Å². The van der Waals surface area contributed by atoms with Gasteiger partial charge in [-0.3, -0.25) is 9.38 Å². The summed E-state index contributed by atoms with van der Waals surface area (Å²) in [5.74, 6) is -1.14. The fraction of sp³-hybridized carbons (Fsp3) is 0.111. The Hall–Kier alpha value is -3.41. The van der Waals surface area contributed by atoms with E-state index in [-0.39, 0.29) is 28.3 Å². The zero-order valence-corrected chi connectivity index (χ0v) is 15.9. The van der Waals surface area contributed by atoms with Gasteiger partial charge in [-0.15, -0.1) is 0 Å². The lowest BCUT2D eigenvalue weighted by Crippen LogP contribution is -2.06. The molecule has 0 unspecified atom stereocenters. The Balaban J connectivity index is 2.00. The highest BCUT2D eigenvalue weighted by Crippen LogP contribution is 2.36. The molecule has 154 valence electrons. The molecule has 4 aromatic rings. The summed E-state index contributed by atoms with van der Waals surface area (Å²) in [4.78, 5) is 15.9. The normalized spacial score (nSPS) is 12.4. The maximum absolute atomic E-state index is 14.7. The van der Waals surface area contributed by atoms with E-state index in [4.69, 9.17) is 0 Å². The van der Waals surface area contributed by atoms with E-state index < -0.39 is 32.6 Å². The number of imidazole rings is 1. The van der Waals surface area contributed by atoms with E-state index in [0.717, 1.165) is 18.4 Å². The lowest BCUT2D eigenvalue weighted by Gasteiger charge is -2.10. The van der Waals surface area contributed by atoms with Crippen molar-refractivity contribution in [2.45, 2.75) is 11.3 Å². The molecule has 7 nitrogen and oxygen atoms in total. The second-order valence-corrected chi connectivity index (χ2v) is 8.21. The van der Waals surface area contributed by atoms with Crippen LogP contribution in [-0.4, -0.2) is 39.0 Å². The maximum atomic E-state index is 14.7. The SMILES string of the molecule is CS(=O)(=O)c1nccc(-c2c(-c3ccc(C(F)(F)F)cc3F)nc3cnccn23)n1. The number of sulfone groups is 1. The van der Waals surface area contributed by atoms with Gasteiger partial charge in [0.1, 0.15) is 11.5 Å². The Morgan fingerprint density at radius 2 is 1.83 bits per heavy atom. The van der Waals surface area contributed by atoms with Crippen LogP contribution in [0.25, 0.3) is 28.3 Å². The second-order valence-electron chi connectivity index (χ2n) is 6.30. The van der Waals surface area contributed by atoms with Gasteiger partial charge in [0.2, 0.25) is 15.0 Å². The lowest BCUT2D eigenvalue weighted by atomic mass is 10.0. The molecule has 0 N–H and O–H groups in total. The van der Waals surface area contributed by atoms with Gasteiger partial charge in [-0.2, -0.15) is 13.2 Å². The number of fused-ring (bicyclic) bond motifs is 1. The standard InChI is InChI=1S/C18H11F4N5O2S/c1-30(28,29)17-24-5-4-13(25-17)16-15(26-14-9-23-6-7-27(14)16)11-3-2-10(8-12(11)19)18(20,21)22/h2-9H,1H3. The maximum Gasteiger partial charge on any atom is 0.416 e. The van der Waals surface area contributed by atoms with E-state index in [0.29, 0.717) is 6.07 Å². The highest BCUT2D eigenvalue weighted by Gasteiger charge is 2.32. The highest BCUT2D eigenvalue weighted by molar-refractivity contribution is 7.90. The second kappa shape index (κ2) is 6.83. The molecule has 1 aromatic carbocycles. The van der Waals surface area contributed by atoms with Gasteiger partial charge in [-0.25, -0.2) is 27.8 Å². The van der Waals surface area contributed by atoms with Crippen molar-refractivity contribution in [2.75, 3.05) is 6.26 Å². The van der Waals surface area contributed by atoms with E-state index in [1.807, 2.05) is 0 Å². The summed E-state index contributed by atoms with van der Waals surface area (Å²) in [6.45, 7) is 0. The predicted molar refractivity (Wildman–Crippen MR) is 97.5 cm³/mol. The predicted octanol–water partition coefficient (Wildman–Crippen LogP) is 3.41. The van der Waals surface area contributed by atoms with Crippen molar-refractivity contribution in [3.8, 4) is 22.6 Å². The summed E-state index contributed by atoms with van der Waals surface area (Å²) in [5.41, 5.74) is -0.830. The van der Waals surface area contributed by atoms with E-state index in [1.54, 1.807) is 0 Å². The Labute approximate surface area is 167 Å². The molecular weight excluding hydrogens is 426 g/mol. The molecule has 0 atom stereocenters. The highest BCUT2D eigenvalue weighted by atomic mass is 32.2. The molecule has 0 aliphatic rings. The first-order chi connectivity index (χ1) is 14.1. The van der Waals surface area contributed by atoms with Crippen LogP contribution in [0, 0.1) is 5.82 Å². The Kier molecular flexibility index (Phi) is 4.53. The molecule has 0 radical (unpaired) electrons. The largest absolute Gasteiger partial charge is 0.416 e. The van der Waals surface area contributed by atoms with Crippen LogP contribution in [0.1, 0.15) is 5.56 Å². The minimum atomic E-state index is -4.71. The van der Waals surface area contributed by atoms with Crippen molar-refractivity contribution in [1.29, 1.82) is 0 Å². The minimum absolute atomic E-state index is 0.0209. The van der Waals surface area contributed by atoms with E-state index in [2.05, 4.69) is 19.9 Å². The molecule has 0 saturated carbocycles. The topological polar surface area (TPSA) is 90.1 Å². The van der Waals surface area contributed by atoms with Crippen molar-refractivity contribution in [3.63, 3.8) is 0 Å². The average molecular weight is 437 g/mol. The number of hydrogen-bond donors (Lipinski definition) is 0. The van der Waals surface area contributed by atoms with Crippen LogP contribution in [0.4, 0.5) is 17.6 Å². The number of alkyl halides is 3. The fourth-order valence-electron chi connectivity index (χ4n) is 2.87. The number of hydrogen-bond acceptors (Lipinski definition) is 6. The third kappa shape index (κ3) is 3.49. The Bertz CT molecular complexity index is 1380. The molecule has 0 saturated heterocycles. The zero-order chi connectivity index (χ0) is 21.7. The number of aromatic nitrogens is 5. The molecule has 0 spiro atoms.